The highest BCUT2D eigenvalue weighted by Crippen LogP contribution is 2.47. The van der Waals surface area contributed by atoms with Crippen LogP contribution in [0, 0.1) is 0 Å². The Balaban J connectivity index is 1.84. The van der Waals surface area contributed by atoms with Gasteiger partial charge in [0, 0.05) is 5.54 Å². The molecule has 0 saturated heterocycles. The molecule has 0 heterocycles. The molecule has 0 unspecified atom stereocenters. The molecule has 2 N–H and O–H groups in total. The Morgan fingerprint density at radius 3 is 2.42 bits per heavy atom. The van der Waals surface area contributed by atoms with Gasteiger partial charge in [-0.25, -0.2) is 0 Å². The molecule has 2 aliphatic carbocycles. The van der Waals surface area contributed by atoms with Gasteiger partial charge in [-0.2, -0.15) is 13.2 Å². The molecule has 3 rings (SSSR count). The summed E-state index contributed by atoms with van der Waals surface area (Å²) >= 11 is 0. The van der Waals surface area contributed by atoms with Gasteiger partial charge in [0.05, 0.1) is 0 Å². The number of ether oxygens (including phenoxy) is 1. The van der Waals surface area contributed by atoms with Gasteiger partial charge in [0.25, 0.3) is 0 Å². The van der Waals surface area contributed by atoms with Crippen LogP contribution >= 0.6 is 0 Å². The third kappa shape index (κ3) is 3.03. The van der Waals surface area contributed by atoms with E-state index >= 15 is 0 Å². The van der Waals surface area contributed by atoms with E-state index in [0.29, 0.717) is 5.92 Å². The molecule has 0 atom stereocenters. The average molecular weight is 271 g/mol. The Bertz CT molecular complexity index is 490. The maximum absolute atomic E-state index is 12.2. The second kappa shape index (κ2) is 4.13. The fourth-order valence-electron chi connectivity index (χ4n) is 2.23. The van der Waals surface area contributed by atoms with Gasteiger partial charge in [0.15, 0.2) is 6.61 Å². The molecule has 0 aromatic heterocycles. The molecule has 0 aliphatic heterocycles. The summed E-state index contributed by atoms with van der Waals surface area (Å²) in [5, 5.41) is 0. The molecule has 104 valence electrons. The maximum Gasteiger partial charge on any atom is 0.422 e. The first-order valence-corrected chi connectivity index (χ1v) is 6.50. The minimum Gasteiger partial charge on any atom is -0.484 e. The highest BCUT2D eigenvalue weighted by molar-refractivity contribution is 5.43. The third-order valence-corrected chi connectivity index (χ3v) is 3.74. The molecule has 0 bridgehead atoms. The molecule has 2 fully saturated rings. The standard InChI is InChI=1S/C14H16F3NO/c15-14(16,17)8-19-12-6-10(9-1-2-9)5-11(7-12)13(18)3-4-13/h5-7,9H,1-4,8,18H2. The van der Waals surface area contributed by atoms with Crippen molar-refractivity contribution in [2.75, 3.05) is 6.61 Å². The summed E-state index contributed by atoms with van der Waals surface area (Å²) in [6, 6.07) is 5.41. The number of nitrogens with two attached hydrogens (primary N) is 1. The summed E-state index contributed by atoms with van der Waals surface area (Å²) in [5.41, 5.74) is 7.76. The van der Waals surface area contributed by atoms with Gasteiger partial charge in [-0.05, 0) is 54.9 Å². The predicted octanol–water partition coefficient (Wildman–Crippen LogP) is 3.45. The lowest BCUT2D eigenvalue weighted by Gasteiger charge is -2.15. The Hall–Kier alpha value is -1.23. The smallest absolute Gasteiger partial charge is 0.422 e. The monoisotopic (exact) mass is 271 g/mol. The lowest BCUT2D eigenvalue weighted by Crippen LogP contribution is -2.21. The van der Waals surface area contributed by atoms with Crippen LogP contribution in [0.5, 0.6) is 5.75 Å². The van der Waals surface area contributed by atoms with Crippen molar-refractivity contribution in [2.45, 2.75) is 43.3 Å². The molecule has 0 spiro atoms. The molecule has 0 radical (unpaired) electrons. The predicted molar refractivity (Wildman–Crippen MR) is 65.1 cm³/mol. The number of alkyl halides is 3. The van der Waals surface area contributed by atoms with Crippen LogP contribution in [0.4, 0.5) is 13.2 Å². The van der Waals surface area contributed by atoms with Crippen LogP contribution in [0.15, 0.2) is 18.2 Å². The van der Waals surface area contributed by atoms with Crippen molar-refractivity contribution < 1.29 is 17.9 Å². The van der Waals surface area contributed by atoms with Crippen LogP contribution in [-0.2, 0) is 5.54 Å². The van der Waals surface area contributed by atoms with E-state index < -0.39 is 12.8 Å². The molecule has 2 aliphatic rings. The van der Waals surface area contributed by atoms with Crippen molar-refractivity contribution >= 4 is 0 Å². The van der Waals surface area contributed by atoms with Gasteiger partial charge in [0.1, 0.15) is 5.75 Å². The Kier molecular flexibility index (Phi) is 2.78. The van der Waals surface area contributed by atoms with Crippen molar-refractivity contribution in [1.82, 2.24) is 0 Å². The largest absolute Gasteiger partial charge is 0.484 e. The Labute approximate surface area is 109 Å². The van der Waals surface area contributed by atoms with Crippen LogP contribution in [0.3, 0.4) is 0 Å². The normalized spacial score (nSPS) is 21.3. The molecule has 2 nitrogen and oxygen atoms in total. The zero-order valence-electron chi connectivity index (χ0n) is 10.5. The minimum atomic E-state index is -4.31. The number of halogens is 3. The molecule has 19 heavy (non-hydrogen) atoms. The Morgan fingerprint density at radius 1 is 1.21 bits per heavy atom. The van der Waals surface area contributed by atoms with E-state index in [4.69, 9.17) is 10.5 Å². The number of rotatable bonds is 4. The average Bonchev–Trinajstić information content (AvgIpc) is 3.20. The second-order valence-electron chi connectivity index (χ2n) is 5.62. The minimum absolute atomic E-state index is 0.286. The van der Waals surface area contributed by atoms with Crippen LogP contribution in [0.2, 0.25) is 0 Å². The molecular formula is C14H16F3NO. The van der Waals surface area contributed by atoms with Crippen molar-refractivity contribution in [3.63, 3.8) is 0 Å². The second-order valence-corrected chi connectivity index (χ2v) is 5.62. The van der Waals surface area contributed by atoms with E-state index in [9.17, 15) is 13.2 Å². The lowest BCUT2D eigenvalue weighted by molar-refractivity contribution is -0.153. The van der Waals surface area contributed by atoms with Gasteiger partial charge in [-0.3, -0.25) is 0 Å². The summed E-state index contributed by atoms with van der Waals surface area (Å²) in [6.07, 6.45) is -0.338. The fraction of sp³-hybridized carbons (Fsp3) is 0.571. The molecule has 0 amide bonds. The summed E-state index contributed by atoms with van der Waals surface area (Å²) < 4.78 is 41.5. The quantitative estimate of drug-likeness (QED) is 0.910. The number of hydrogen-bond donors (Lipinski definition) is 1. The van der Waals surface area contributed by atoms with Crippen LogP contribution < -0.4 is 10.5 Å². The van der Waals surface area contributed by atoms with Gasteiger partial charge in [0.2, 0.25) is 0 Å². The van der Waals surface area contributed by atoms with E-state index in [1.54, 1.807) is 12.1 Å². The summed E-state index contributed by atoms with van der Waals surface area (Å²) in [5.74, 6) is 0.754. The van der Waals surface area contributed by atoms with E-state index in [-0.39, 0.29) is 11.3 Å². The van der Waals surface area contributed by atoms with E-state index in [2.05, 4.69) is 0 Å². The fourth-order valence-corrected chi connectivity index (χ4v) is 2.23. The van der Waals surface area contributed by atoms with Crippen LogP contribution in [0.25, 0.3) is 0 Å². The first-order chi connectivity index (χ1) is 8.86. The van der Waals surface area contributed by atoms with Gasteiger partial charge >= 0.3 is 6.18 Å². The number of benzene rings is 1. The molecule has 1 aromatic carbocycles. The van der Waals surface area contributed by atoms with Gasteiger partial charge in [-0.15, -0.1) is 0 Å². The topological polar surface area (TPSA) is 35.2 Å². The first-order valence-electron chi connectivity index (χ1n) is 6.50. The summed E-state index contributed by atoms with van der Waals surface area (Å²) in [4.78, 5) is 0. The SMILES string of the molecule is NC1(c2cc(OCC(F)(F)F)cc(C3CC3)c2)CC1. The van der Waals surface area contributed by atoms with Crippen LogP contribution in [-0.4, -0.2) is 12.8 Å². The van der Waals surface area contributed by atoms with Crippen molar-refractivity contribution in [1.29, 1.82) is 0 Å². The highest BCUT2D eigenvalue weighted by Gasteiger charge is 2.41. The first kappa shape index (κ1) is 12.8. The molecular weight excluding hydrogens is 255 g/mol. The van der Waals surface area contributed by atoms with Crippen molar-refractivity contribution in [2.24, 2.45) is 5.73 Å². The van der Waals surface area contributed by atoms with E-state index in [1.807, 2.05) is 6.07 Å². The maximum atomic E-state index is 12.2. The van der Waals surface area contributed by atoms with Crippen molar-refractivity contribution in [3.8, 4) is 5.75 Å². The summed E-state index contributed by atoms with van der Waals surface area (Å²) in [6.45, 7) is -1.25. The van der Waals surface area contributed by atoms with E-state index in [1.165, 1.54) is 0 Å². The zero-order chi connectivity index (χ0) is 13.7. The zero-order valence-corrected chi connectivity index (χ0v) is 10.5. The van der Waals surface area contributed by atoms with Gasteiger partial charge < -0.3 is 10.5 Å². The number of hydrogen-bond acceptors (Lipinski definition) is 2. The van der Waals surface area contributed by atoms with E-state index in [0.717, 1.165) is 36.8 Å². The van der Waals surface area contributed by atoms with Gasteiger partial charge in [-0.1, -0.05) is 6.07 Å². The van der Waals surface area contributed by atoms with Crippen LogP contribution in [0.1, 0.15) is 42.7 Å². The molecule has 5 heteroatoms. The molecule has 1 aromatic rings. The van der Waals surface area contributed by atoms with Crippen molar-refractivity contribution in [3.05, 3.63) is 29.3 Å². The highest BCUT2D eigenvalue weighted by atomic mass is 19.4. The third-order valence-electron chi connectivity index (χ3n) is 3.74. The lowest BCUT2D eigenvalue weighted by atomic mass is 10.00. The molecule has 2 saturated carbocycles. The Morgan fingerprint density at radius 2 is 1.89 bits per heavy atom. The summed E-state index contributed by atoms with van der Waals surface area (Å²) in [7, 11) is 0.